The first kappa shape index (κ1) is 14.9. The summed E-state index contributed by atoms with van der Waals surface area (Å²) in [6.07, 6.45) is 5.46. The topological polar surface area (TPSA) is 55.6 Å². The first-order valence-corrected chi connectivity index (χ1v) is 7.79. The Kier molecular flexibility index (Phi) is 4.06. The summed E-state index contributed by atoms with van der Waals surface area (Å²) in [6, 6.07) is 3.70. The van der Waals surface area contributed by atoms with Crippen LogP contribution in [0.3, 0.4) is 0 Å². The van der Waals surface area contributed by atoms with Gasteiger partial charge >= 0.3 is 0 Å². The summed E-state index contributed by atoms with van der Waals surface area (Å²) in [5.41, 5.74) is 1.99. The second-order valence-corrected chi connectivity index (χ2v) is 5.86. The van der Waals surface area contributed by atoms with E-state index in [4.69, 9.17) is 0 Å². The first-order chi connectivity index (χ1) is 10.6. The molecule has 0 bridgehead atoms. The number of rotatable bonds is 4. The molecule has 3 rings (SSSR count). The van der Waals surface area contributed by atoms with Crippen LogP contribution in [0.25, 0.3) is 11.0 Å². The number of anilines is 2. The maximum Gasteiger partial charge on any atom is 0.164 e. The Bertz CT molecular complexity index is 817. The summed E-state index contributed by atoms with van der Waals surface area (Å²) >= 11 is 3.37. The van der Waals surface area contributed by atoms with E-state index in [0.717, 1.165) is 17.5 Å². The standard InChI is InChI=1S/C15H15BrFN5/c1-3-9(2)22-8-19-12-6-13(16)21-15(14(12)22)20-11-4-5-18-7-10(11)17/h4-9H,3H2,1-2H3,(H,18,20,21)/t9-/m0/s1. The van der Waals surface area contributed by atoms with Crippen molar-refractivity contribution in [2.24, 2.45) is 0 Å². The van der Waals surface area contributed by atoms with Crippen LogP contribution < -0.4 is 5.32 Å². The van der Waals surface area contributed by atoms with Gasteiger partial charge in [0.25, 0.3) is 0 Å². The Morgan fingerprint density at radius 3 is 3.00 bits per heavy atom. The van der Waals surface area contributed by atoms with Crippen molar-refractivity contribution in [2.75, 3.05) is 5.32 Å². The number of nitrogens with zero attached hydrogens (tertiary/aromatic N) is 4. The van der Waals surface area contributed by atoms with Crippen LogP contribution in [0.2, 0.25) is 0 Å². The smallest absolute Gasteiger partial charge is 0.164 e. The van der Waals surface area contributed by atoms with Gasteiger partial charge in [0.15, 0.2) is 11.6 Å². The monoisotopic (exact) mass is 363 g/mol. The maximum absolute atomic E-state index is 13.8. The number of hydrogen-bond donors (Lipinski definition) is 1. The highest BCUT2D eigenvalue weighted by Gasteiger charge is 2.15. The zero-order valence-electron chi connectivity index (χ0n) is 12.2. The predicted molar refractivity (Wildman–Crippen MR) is 87.7 cm³/mol. The predicted octanol–water partition coefficient (Wildman–Crippen LogP) is 4.44. The molecule has 7 heteroatoms. The Balaban J connectivity index is 2.15. The molecule has 0 aliphatic carbocycles. The lowest BCUT2D eigenvalue weighted by Crippen LogP contribution is -2.05. The van der Waals surface area contributed by atoms with Gasteiger partial charge in [0.2, 0.25) is 0 Å². The van der Waals surface area contributed by atoms with E-state index in [2.05, 4.69) is 54.6 Å². The molecule has 3 aromatic rings. The number of hydrogen-bond acceptors (Lipinski definition) is 4. The van der Waals surface area contributed by atoms with Crippen LogP contribution in [0.5, 0.6) is 0 Å². The van der Waals surface area contributed by atoms with Gasteiger partial charge < -0.3 is 9.88 Å². The number of aromatic nitrogens is 4. The summed E-state index contributed by atoms with van der Waals surface area (Å²) in [5, 5.41) is 3.04. The minimum Gasteiger partial charge on any atom is -0.336 e. The van der Waals surface area contributed by atoms with Crippen LogP contribution in [-0.4, -0.2) is 19.5 Å². The summed E-state index contributed by atoms with van der Waals surface area (Å²) in [5.74, 6) is 0.138. The number of halogens is 2. The van der Waals surface area contributed by atoms with E-state index in [1.54, 1.807) is 12.4 Å². The molecule has 1 atom stereocenters. The minimum atomic E-state index is -0.424. The van der Waals surface area contributed by atoms with Crippen LogP contribution in [0.1, 0.15) is 26.3 Å². The fourth-order valence-electron chi connectivity index (χ4n) is 2.25. The molecule has 0 saturated carbocycles. The van der Waals surface area contributed by atoms with Gasteiger partial charge in [-0.05, 0) is 41.4 Å². The number of fused-ring (bicyclic) bond motifs is 1. The third-order valence-corrected chi connectivity index (χ3v) is 4.02. The Hall–Kier alpha value is -2.02. The van der Waals surface area contributed by atoms with Gasteiger partial charge in [0, 0.05) is 12.2 Å². The summed E-state index contributed by atoms with van der Waals surface area (Å²) in [6.45, 7) is 4.22. The molecule has 1 N–H and O–H groups in total. The summed E-state index contributed by atoms with van der Waals surface area (Å²) < 4.78 is 16.5. The van der Waals surface area contributed by atoms with Crippen molar-refractivity contribution in [1.29, 1.82) is 0 Å². The Morgan fingerprint density at radius 2 is 2.27 bits per heavy atom. The Morgan fingerprint density at radius 1 is 1.45 bits per heavy atom. The fourth-order valence-corrected chi connectivity index (χ4v) is 2.65. The van der Waals surface area contributed by atoms with E-state index in [-0.39, 0.29) is 6.04 Å². The number of pyridine rings is 2. The van der Waals surface area contributed by atoms with Crippen molar-refractivity contribution in [3.8, 4) is 0 Å². The van der Waals surface area contributed by atoms with Gasteiger partial charge in [-0.25, -0.2) is 14.4 Å². The molecule has 114 valence electrons. The van der Waals surface area contributed by atoms with Crippen molar-refractivity contribution < 1.29 is 4.39 Å². The number of imidazole rings is 1. The van der Waals surface area contributed by atoms with E-state index in [1.165, 1.54) is 12.4 Å². The molecule has 3 aromatic heterocycles. The quantitative estimate of drug-likeness (QED) is 0.696. The SMILES string of the molecule is CC[C@H](C)n1cnc2cc(Br)nc(Nc3ccncc3F)c21. The largest absolute Gasteiger partial charge is 0.336 e. The van der Waals surface area contributed by atoms with Crippen LogP contribution in [0, 0.1) is 5.82 Å². The average Bonchev–Trinajstić information content (AvgIpc) is 2.92. The Labute approximate surface area is 135 Å². The van der Waals surface area contributed by atoms with Gasteiger partial charge in [-0.15, -0.1) is 0 Å². The lowest BCUT2D eigenvalue weighted by Gasteiger charge is -2.15. The van der Waals surface area contributed by atoms with Crippen LogP contribution >= 0.6 is 15.9 Å². The van der Waals surface area contributed by atoms with Crippen LogP contribution in [0.15, 0.2) is 35.5 Å². The molecule has 0 saturated heterocycles. The third kappa shape index (κ3) is 2.68. The molecule has 22 heavy (non-hydrogen) atoms. The molecule has 3 heterocycles. The highest BCUT2D eigenvalue weighted by molar-refractivity contribution is 9.10. The van der Waals surface area contributed by atoms with Gasteiger partial charge in [-0.2, -0.15) is 0 Å². The lowest BCUT2D eigenvalue weighted by molar-refractivity contribution is 0.544. The van der Waals surface area contributed by atoms with Crippen molar-refractivity contribution in [3.05, 3.63) is 41.3 Å². The van der Waals surface area contributed by atoms with Crippen molar-refractivity contribution in [3.63, 3.8) is 0 Å². The molecule has 0 aliphatic rings. The van der Waals surface area contributed by atoms with Crippen molar-refractivity contribution in [1.82, 2.24) is 19.5 Å². The fraction of sp³-hybridized carbons (Fsp3) is 0.267. The molecule has 0 fully saturated rings. The molecule has 0 spiro atoms. The molecular formula is C15H15BrFN5. The normalized spacial score (nSPS) is 12.5. The molecule has 5 nitrogen and oxygen atoms in total. The summed E-state index contributed by atoms with van der Waals surface area (Å²) in [7, 11) is 0. The van der Waals surface area contributed by atoms with Crippen molar-refractivity contribution in [2.45, 2.75) is 26.3 Å². The third-order valence-electron chi connectivity index (χ3n) is 3.61. The lowest BCUT2D eigenvalue weighted by atomic mass is 10.2. The zero-order chi connectivity index (χ0) is 15.7. The van der Waals surface area contributed by atoms with E-state index in [0.29, 0.717) is 16.1 Å². The second kappa shape index (κ2) is 6.00. The van der Waals surface area contributed by atoms with E-state index < -0.39 is 5.82 Å². The summed E-state index contributed by atoms with van der Waals surface area (Å²) in [4.78, 5) is 12.6. The molecule has 0 aromatic carbocycles. The van der Waals surface area contributed by atoms with Crippen molar-refractivity contribution >= 4 is 38.5 Å². The zero-order valence-corrected chi connectivity index (χ0v) is 13.8. The first-order valence-electron chi connectivity index (χ1n) is 6.99. The van der Waals surface area contributed by atoms with Crippen LogP contribution in [-0.2, 0) is 0 Å². The van der Waals surface area contributed by atoms with Crippen LogP contribution in [0.4, 0.5) is 15.9 Å². The van der Waals surface area contributed by atoms with Gasteiger partial charge in [-0.1, -0.05) is 6.92 Å². The molecule has 0 radical (unpaired) electrons. The maximum atomic E-state index is 13.8. The minimum absolute atomic E-state index is 0.274. The van der Waals surface area contributed by atoms with Gasteiger partial charge in [-0.3, -0.25) is 4.98 Å². The molecule has 0 amide bonds. The van der Waals surface area contributed by atoms with Gasteiger partial charge in [0.05, 0.1) is 23.7 Å². The highest BCUT2D eigenvalue weighted by atomic mass is 79.9. The number of nitrogens with one attached hydrogen (secondary N) is 1. The molecule has 0 aliphatic heterocycles. The highest BCUT2D eigenvalue weighted by Crippen LogP contribution is 2.30. The second-order valence-electron chi connectivity index (χ2n) is 5.05. The molecular weight excluding hydrogens is 349 g/mol. The van der Waals surface area contributed by atoms with E-state index >= 15 is 0 Å². The average molecular weight is 364 g/mol. The van der Waals surface area contributed by atoms with E-state index in [9.17, 15) is 4.39 Å². The molecule has 0 unspecified atom stereocenters. The van der Waals surface area contributed by atoms with E-state index in [1.807, 2.05) is 6.07 Å². The van der Waals surface area contributed by atoms with Gasteiger partial charge in [0.1, 0.15) is 10.1 Å².